The quantitative estimate of drug-likeness (QED) is 0.656. The Balaban J connectivity index is 1.79. The van der Waals surface area contributed by atoms with Gasteiger partial charge < -0.3 is 14.8 Å². The third-order valence-corrected chi connectivity index (χ3v) is 7.05. The summed E-state index contributed by atoms with van der Waals surface area (Å²) in [6.07, 6.45) is 2.64. The van der Waals surface area contributed by atoms with Crippen molar-refractivity contribution in [3.05, 3.63) is 53.6 Å². The van der Waals surface area contributed by atoms with Crippen LogP contribution in [0.15, 0.2) is 47.4 Å². The fourth-order valence-corrected chi connectivity index (χ4v) is 5.09. The van der Waals surface area contributed by atoms with Crippen molar-refractivity contribution in [1.29, 1.82) is 0 Å². The lowest BCUT2D eigenvalue weighted by atomic mass is 10.1. The standard InChI is InChI=1S/C22H26N2O6S/c1-16-14-17(30-15-21(25)29-2)10-11-19(16)23-22(26)18-8-4-5-9-20(18)31(27,28)24-12-6-3-7-13-24/h4-5,8-11,14H,3,6-7,12-13,15H2,1-2H3,(H,23,26). The molecular weight excluding hydrogens is 420 g/mol. The molecule has 2 aromatic rings. The molecule has 0 unspecified atom stereocenters. The summed E-state index contributed by atoms with van der Waals surface area (Å²) in [6.45, 7) is 2.48. The first kappa shape index (κ1) is 22.8. The number of rotatable bonds is 7. The first-order chi connectivity index (χ1) is 14.8. The molecular formula is C22H26N2O6S. The highest BCUT2D eigenvalue weighted by Gasteiger charge is 2.29. The number of sulfonamides is 1. The van der Waals surface area contributed by atoms with Gasteiger partial charge in [0.2, 0.25) is 10.0 Å². The first-order valence-corrected chi connectivity index (χ1v) is 11.5. The Hall–Kier alpha value is -2.91. The van der Waals surface area contributed by atoms with Crippen molar-refractivity contribution >= 4 is 27.6 Å². The predicted molar refractivity (Wildman–Crippen MR) is 116 cm³/mol. The van der Waals surface area contributed by atoms with E-state index in [1.54, 1.807) is 37.3 Å². The maximum Gasteiger partial charge on any atom is 0.343 e. The second-order valence-corrected chi connectivity index (χ2v) is 9.16. The van der Waals surface area contributed by atoms with Crippen LogP contribution in [0, 0.1) is 6.92 Å². The number of ether oxygens (including phenoxy) is 2. The van der Waals surface area contributed by atoms with Crippen molar-refractivity contribution in [1.82, 2.24) is 4.31 Å². The number of hydrogen-bond donors (Lipinski definition) is 1. The number of nitrogens with zero attached hydrogens (tertiary/aromatic N) is 1. The largest absolute Gasteiger partial charge is 0.482 e. The van der Waals surface area contributed by atoms with Gasteiger partial charge in [-0.1, -0.05) is 18.6 Å². The maximum atomic E-state index is 13.1. The molecule has 0 saturated carbocycles. The first-order valence-electron chi connectivity index (χ1n) is 10.0. The molecule has 0 bridgehead atoms. The predicted octanol–water partition coefficient (Wildman–Crippen LogP) is 2.97. The third-order valence-electron chi connectivity index (χ3n) is 5.09. The second kappa shape index (κ2) is 9.93. The minimum atomic E-state index is -3.76. The minimum Gasteiger partial charge on any atom is -0.482 e. The van der Waals surface area contributed by atoms with Crippen LogP contribution in [-0.2, 0) is 19.6 Å². The van der Waals surface area contributed by atoms with Crippen LogP contribution in [0.1, 0.15) is 35.2 Å². The van der Waals surface area contributed by atoms with Gasteiger partial charge in [-0.05, 0) is 55.7 Å². The smallest absolute Gasteiger partial charge is 0.343 e. The summed E-state index contributed by atoms with van der Waals surface area (Å²) in [5.41, 5.74) is 1.31. The number of esters is 1. The van der Waals surface area contributed by atoms with E-state index >= 15 is 0 Å². The van der Waals surface area contributed by atoms with Crippen LogP contribution < -0.4 is 10.1 Å². The number of hydrogen-bond acceptors (Lipinski definition) is 6. The molecule has 166 valence electrons. The summed E-state index contributed by atoms with van der Waals surface area (Å²) >= 11 is 0. The van der Waals surface area contributed by atoms with Gasteiger partial charge >= 0.3 is 5.97 Å². The Morgan fingerprint density at radius 2 is 1.77 bits per heavy atom. The van der Waals surface area contributed by atoms with Gasteiger partial charge in [-0.3, -0.25) is 4.79 Å². The number of anilines is 1. The molecule has 1 saturated heterocycles. The van der Waals surface area contributed by atoms with Crippen LogP contribution in [0.3, 0.4) is 0 Å². The second-order valence-electron chi connectivity index (χ2n) is 7.26. The molecule has 0 radical (unpaired) electrons. The molecule has 31 heavy (non-hydrogen) atoms. The van der Waals surface area contributed by atoms with Crippen LogP contribution in [0.5, 0.6) is 5.75 Å². The zero-order valence-electron chi connectivity index (χ0n) is 17.6. The Labute approximate surface area is 182 Å². The average Bonchev–Trinajstić information content (AvgIpc) is 2.79. The molecule has 0 aromatic heterocycles. The number of piperidine rings is 1. The molecule has 1 fully saturated rings. The molecule has 8 nitrogen and oxygen atoms in total. The zero-order valence-corrected chi connectivity index (χ0v) is 18.4. The highest BCUT2D eigenvalue weighted by atomic mass is 32.2. The lowest BCUT2D eigenvalue weighted by molar-refractivity contribution is -0.142. The molecule has 1 N–H and O–H groups in total. The molecule has 1 aliphatic rings. The lowest BCUT2D eigenvalue weighted by Gasteiger charge is -2.26. The number of carbonyl (C=O) groups is 2. The van der Waals surface area contributed by atoms with Gasteiger partial charge in [0.1, 0.15) is 5.75 Å². The number of benzene rings is 2. The minimum absolute atomic E-state index is 0.00471. The number of amides is 1. The molecule has 1 aliphatic heterocycles. The highest BCUT2D eigenvalue weighted by Crippen LogP contribution is 2.26. The van der Waals surface area contributed by atoms with Crippen molar-refractivity contribution < 1.29 is 27.5 Å². The molecule has 0 spiro atoms. The van der Waals surface area contributed by atoms with Crippen LogP contribution in [-0.4, -0.2) is 51.4 Å². The number of aryl methyl sites for hydroxylation is 1. The number of methoxy groups -OCH3 is 1. The Morgan fingerprint density at radius 1 is 1.06 bits per heavy atom. The topological polar surface area (TPSA) is 102 Å². The molecule has 1 heterocycles. The summed E-state index contributed by atoms with van der Waals surface area (Å²) < 4.78 is 37.6. The van der Waals surface area contributed by atoms with Crippen molar-refractivity contribution in [3.63, 3.8) is 0 Å². The van der Waals surface area contributed by atoms with Gasteiger partial charge in [0, 0.05) is 18.8 Å². The summed E-state index contributed by atoms with van der Waals surface area (Å²) in [5.74, 6) is -0.557. The van der Waals surface area contributed by atoms with Crippen molar-refractivity contribution in [2.24, 2.45) is 0 Å². The molecule has 0 aliphatic carbocycles. The van der Waals surface area contributed by atoms with Crippen molar-refractivity contribution in [3.8, 4) is 5.75 Å². The van der Waals surface area contributed by atoms with Crippen molar-refractivity contribution in [2.75, 3.05) is 32.1 Å². The van der Waals surface area contributed by atoms with E-state index in [0.717, 1.165) is 19.3 Å². The van der Waals surface area contributed by atoms with Crippen LogP contribution >= 0.6 is 0 Å². The number of nitrogens with one attached hydrogen (secondary N) is 1. The van der Waals surface area contributed by atoms with E-state index in [1.807, 2.05) is 0 Å². The van der Waals surface area contributed by atoms with Gasteiger partial charge in [0.05, 0.1) is 17.6 Å². The summed E-state index contributed by atoms with van der Waals surface area (Å²) in [7, 11) is -2.48. The third kappa shape index (κ3) is 5.42. The van der Waals surface area contributed by atoms with E-state index in [2.05, 4.69) is 10.1 Å². The summed E-state index contributed by atoms with van der Waals surface area (Å²) in [5, 5.41) is 2.78. The SMILES string of the molecule is COC(=O)COc1ccc(NC(=O)c2ccccc2S(=O)(=O)N2CCCCC2)c(C)c1. The Kier molecular flexibility index (Phi) is 7.29. The van der Waals surface area contributed by atoms with Crippen LogP contribution in [0.2, 0.25) is 0 Å². The normalized spacial score (nSPS) is 14.6. The Bertz CT molecular complexity index is 1060. The molecule has 2 aromatic carbocycles. The highest BCUT2D eigenvalue weighted by molar-refractivity contribution is 7.89. The molecule has 9 heteroatoms. The van der Waals surface area contributed by atoms with E-state index in [1.165, 1.54) is 23.5 Å². The van der Waals surface area contributed by atoms with Gasteiger partial charge in [-0.2, -0.15) is 4.31 Å². The molecule has 3 rings (SSSR count). The fraction of sp³-hybridized carbons (Fsp3) is 0.364. The van der Waals surface area contributed by atoms with Crippen LogP contribution in [0.4, 0.5) is 5.69 Å². The van der Waals surface area contributed by atoms with Gasteiger partial charge in [-0.15, -0.1) is 0 Å². The van der Waals surface area contributed by atoms with Gasteiger partial charge in [-0.25, -0.2) is 13.2 Å². The Morgan fingerprint density at radius 3 is 2.45 bits per heavy atom. The van der Waals surface area contributed by atoms with E-state index in [0.29, 0.717) is 30.1 Å². The molecule has 0 atom stereocenters. The summed E-state index contributed by atoms with van der Waals surface area (Å²) in [4.78, 5) is 24.2. The molecule has 1 amide bonds. The average molecular weight is 447 g/mol. The lowest BCUT2D eigenvalue weighted by Crippen LogP contribution is -2.36. The number of carbonyl (C=O) groups excluding carboxylic acids is 2. The van der Waals surface area contributed by atoms with Gasteiger partial charge in [0.25, 0.3) is 5.91 Å². The van der Waals surface area contributed by atoms with E-state index in [-0.39, 0.29) is 17.1 Å². The zero-order chi connectivity index (χ0) is 22.4. The van der Waals surface area contributed by atoms with E-state index in [4.69, 9.17) is 4.74 Å². The van der Waals surface area contributed by atoms with Crippen molar-refractivity contribution in [2.45, 2.75) is 31.1 Å². The van der Waals surface area contributed by atoms with E-state index in [9.17, 15) is 18.0 Å². The van der Waals surface area contributed by atoms with Gasteiger partial charge in [0.15, 0.2) is 6.61 Å². The maximum absolute atomic E-state index is 13.1. The fourth-order valence-electron chi connectivity index (χ4n) is 3.38. The monoisotopic (exact) mass is 446 g/mol. The summed E-state index contributed by atoms with van der Waals surface area (Å²) in [6, 6.07) is 11.2. The van der Waals surface area contributed by atoms with E-state index < -0.39 is 21.9 Å². The van der Waals surface area contributed by atoms with Crippen LogP contribution in [0.25, 0.3) is 0 Å².